The summed E-state index contributed by atoms with van der Waals surface area (Å²) in [4.78, 5) is 0. The standard InChI is InChI=1S/C13H27NS/c1-4-14-10-13-6-5-11(2)9-12(13)7-8-15-3/h11-14H,4-10H2,1-3H3. The van der Waals surface area contributed by atoms with Crippen molar-refractivity contribution in [2.45, 2.75) is 39.5 Å². The average Bonchev–Trinajstić information content (AvgIpc) is 2.25. The van der Waals surface area contributed by atoms with Crippen LogP contribution in [0.5, 0.6) is 0 Å². The maximum absolute atomic E-state index is 3.53. The Balaban J connectivity index is 2.35. The van der Waals surface area contributed by atoms with Gasteiger partial charge in [0.15, 0.2) is 0 Å². The van der Waals surface area contributed by atoms with Crippen molar-refractivity contribution in [1.82, 2.24) is 5.32 Å². The topological polar surface area (TPSA) is 12.0 Å². The minimum absolute atomic E-state index is 0.952. The van der Waals surface area contributed by atoms with E-state index in [1.165, 1.54) is 38.0 Å². The van der Waals surface area contributed by atoms with Gasteiger partial charge >= 0.3 is 0 Å². The Labute approximate surface area is 99.8 Å². The summed E-state index contributed by atoms with van der Waals surface area (Å²) in [7, 11) is 0. The first kappa shape index (κ1) is 13.4. The molecule has 0 aromatic carbocycles. The molecule has 0 bridgehead atoms. The molecule has 0 aromatic heterocycles. The Morgan fingerprint density at radius 3 is 2.73 bits per heavy atom. The van der Waals surface area contributed by atoms with Gasteiger partial charge in [0.25, 0.3) is 0 Å². The van der Waals surface area contributed by atoms with Gasteiger partial charge in [-0.3, -0.25) is 0 Å². The van der Waals surface area contributed by atoms with E-state index in [-0.39, 0.29) is 0 Å². The Bertz CT molecular complexity index is 159. The van der Waals surface area contributed by atoms with E-state index in [0.717, 1.165) is 24.3 Å². The molecule has 3 unspecified atom stereocenters. The number of rotatable bonds is 6. The Morgan fingerprint density at radius 2 is 2.07 bits per heavy atom. The van der Waals surface area contributed by atoms with Gasteiger partial charge in [-0.25, -0.2) is 0 Å². The quantitative estimate of drug-likeness (QED) is 0.749. The summed E-state index contributed by atoms with van der Waals surface area (Å²) < 4.78 is 0. The van der Waals surface area contributed by atoms with Crippen molar-refractivity contribution in [2.75, 3.05) is 25.1 Å². The van der Waals surface area contributed by atoms with Crippen molar-refractivity contribution in [1.29, 1.82) is 0 Å². The largest absolute Gasteiger partial charge is 0.317 e. The van der Waals surface area contributed by atoms with Gasteiger partial charge in [0.05, 0.1) is 0 Å². The maximum atomic E-state index is 3.53. The highest BCUT2D eigenvalue weighted by molar-refractivity contribution is 7.98. The van der Waals surface area contributed by atoms with Crippen molar-refractivity contribution in [3.63, 3.8) is 0 Å². The van der Waals surface area contributed by atoms with Gasteiger partial charge < -0.3 is 5.32 Å². The van der Waals surface area contributed by atoms with Crippen LogP contribution in [0.3, 0.4) is 0 Å². The van der Waals surface area contributed by atoms with Crippen LogP contribution in [0.15, 0.2) is 0 Å². The summed E-state index contributed by atoms with van der Waals surface area (Å²) >= 11 is 2.00. The van der Waals surface area contributed by atoms with Gasteiger partial charge in [0, 0.05) is 0 Å². The van der Waals surface area contributed by atoms with Gasteiger partial charge in [0.1, 0.15) is 0 Å². The lowest BCUT2D eigenvalue weighted by Crippen LogP contribution is -2.33. The molecule has 1 nitrogen and oxygen atoms in total. The fourth-order valence-electron chi connectivity index (χ4n) is 2.78. The van der Waals surface area contributed by atoms with Crippen molar-refractivity contribution >= 4 is 11.8 Å². The lowest BCUT2D eigenvalue weighted by molar-refractivity contribution is 0.181. The van der Waals surface area contributed by atoms with Gasteiger partial charge in [-0.1, -0.05) is 20.3 Å². The van der Waals surface area contributed by atoms with Crippen LogP contribution in [-0.2, 0) is 0 Å². The second-order valence-electron chi connectivity index (χ2n) is 5.03. The van der Waals surface area contributed by atoms with E-state index in [4.69, 9.17) is 0 Å². The van der Waals surface area contributed by atoms with Crippen LogP contribution in [0.25, 0.3) is 0 Å². The zero-order valence-electron chi connectivity index (χ0n) is 10.6. The molecular formula is C13H27NS. The highest BCUT2D eigenvalue weighted by atomic mass is 32.2. The summed E-state index contributed by atoms with van der Waals surface area (Å²) in [6.07, 6.45) is 8.03. The van der Waals surface area contributed by atoms with Gasteiger partial charge in [-0.05, 0) is 62.1 Å². The summed E-state index contributed by atoms with van der Waals surface area (Å²) in [5.74, 6) is 4.25. The molecular weight excluding hydrogens is 202 g/mol. The number of hydrogen-bond donors (Lipinski definition) is 1. The second kappa shape index (κ2) is 7.56. The number of hydrogen-bond acceptors (Lipinski definition) is 2. The molecule has 1 aliphatic carbocycles. The van der Waals surface area contributed by atoms with E-state index >= 15 is 0 Å². The molecule has 1 saturated carbocycles. The molecule has 90 valence electrons. The van der Waals surface area contributed by atoms with E-state index < -0.39 is 0 Å². The minimum atomic E-state index is 0.952. The summed E-state index contributed by atoms with van der Waals surface area (Å²) in [6, 6.07) is 0. The smallest absolute Gasteiger partial charge is 0.00180 e. The van der Waals surface area contributed by atoms with E-state index in [9.17, 15) is 0 Å². The van der Waals surface area contributed by atoms with Crippen LogP contribution in [-0.4, -0.2) is 25.1 Å². The molecule has 1 fully saturated rings. The van der Waals surface area contributed by atoms with Crippen LogP contribution in [0, 0.1) is 17.8 Å². The SMILES string of the molecule is CCNCC1CCC(C)CC1CCSC. The Morgan fingerprint density at radius 1 is 1.27 bits per heavy atom. The van der Waals surface area contributed by atoms with E-state index in [0.29, 0.717) is 0 Å². The zero-order chi connectivity index (χ0) is 11.1. The average molecular weight is 229 g/mol. The van der Waals surface area contributed by atoms with Crippen LogP contribution in [0.2, 0.25) is 0 Å². The van der Waals surface area contributed by atoms with Crippen LogP contribution >= 0.6 is 11.8 Å². The lowest BCUT2D eigenvalue weighted by atomic mass is 9.73. The van der Waals surface area contributed by atoms with Crippen molar-refractivity contribution in [3.8, 4) is 0 Å². The molecule has 1 aliphatic rings. The highest BCUT2D eigenvalue weighted by Crippen LogP contribution is 2.35. The zero-order valence-corrected chi connectivity index (χ0v) is 11.4. The molecule has 1 rings (SSSR count). The molecule has 0 radical (unpaired) electrons. The predicted molar refractivity (Wildman–Crippen MR) is 71.5 cm³/mol. The second-order valence-corrected chi connectivity index (χ2v) is 6.01. The fourth-order valence-corrected chi connectivity index (χ4v) is 3.32. The molecule has 0 heterocycles. The van der Waals surface area contributed by atoms with Crippen LogP contribution < -0.4 is 5.32 Å². The number of nitrogens with one attached hydrogen (secondary N) is 1. The third-order valence-electron chi connectivity index (χ3n) is 3.75. The first-order chi connectivity index (χ1) is 7.27. The van der Waals surface area contributed by atoms with E-state index in [1.54, 1.807) is 0 Å². The molecule has 0 aliphatic heterocycles. The summed E-state index contributed by atoms with van der Waals surface area (Å²) in [6.45, 7) is 7.02. The van der Waals surface area contributed by atoms with Crippen LogP contribution in [0.4, 0.5) is 0 Å². The van der Waals surface area contributed by atoms with Gasteiger partial charge in [-0.15, -0.1) is 0 Å². The molecule has 15 heavy (non-hydrogen) atoms. The highest BCUT2D eigenvalue weighted by Gasteiger charge is 2.27. The molecule has 3 atom stereocenters. The summed E-state index contributed by atoms with van der Waals surface area (Å²) in [5.41, 5.74) is 0. The van der Waals surface area contributed by atoms with Crippen molar-refractivity contribution in [3.05, 3.63) is 0 Å². The molecule has 0 amide bonds. The van der Waals surface area contributed by atoms with Crippen molar-refractivity contribution < 1.29 is 0 Å². The fraction of sp³-hybridized carbons (Fsp3) is 1.00. The minimum Gasteiger partial charge on any atom is -0.317 e. The predicted octanol–water partition coefficient (Wildman–Crippen LogP) is 3.40. The molecule has 0 spiro atoms. The molecule has 0 saturated heterocycles. The molecule has 0 aromatic rings. The van der Waals surface area contributed by atoms with E-state index in [2.05, 4.69) is 25.4 Å². The van der Waals surface area contributed by atoms with E-state index in [1.807, 2.05) is 11.8 Å². The first-order valence-electron chi connectivity index (χ1n) is 6.47. The summed E-state index contributed by atoms with van der Waals surface area (Å²) in [5, 5.41) is 3.53. The number of thioether (sulfide) groups is 1. The van der Waals surface area contributed by atoms with Crippen molar-refractivity contribution in [2.24, 2.45) is 17.8 Å². The maximum Gasteiger partial charge on any atom is -0.00180 e. The normalized spacial score (nSPS) is 31.8. The molecule has 1 N–H and O–H groups in total. The van der Waals surface area contributed by atoms with Gasteiger partial charge in [0.2, 0.25) is 0 Å². The third kappa shape index (κ3) is 4.78. The van der Waals surface area contributed by atoms with Crippen LogP contribution in [0.1, 0.15) is 39.5 Å². The first-order valence-corrected chi connectivity index (χ1v) is 7.87. The molecule has 2 heteroatoms. The Kier molecular flexibility index (Phi) is 6.74. The third-order valence-corrected chi connectivity index (χ3v) is 4.40. The monoisotopic (exact) mass is 229 g/mol. The Hall–Kier alpha value is 0.310. The van der Waals surface area contributed by atoms with Gasteiger partial charge in [-0.2, -0.15) is 11.8 Å². The lowest BCUT2D eigenvalue weighted by Gasteiger charge is -2.35.